The van der Waals surface area contributed by atoms with Crippen LogP contribution in [-0.2, 0) is 4.79 Å². The van der Waals surface area contributed by atoms with Gasteiger partial charge in [0.25, 0.3) is 5.56 Å². The highest BCUT2D eigenvalue weighted by Gasteiger charge is 2.20. The summed E-state index contributed by atoms with van der Waals surface area (Å²) in [7, 11) is 0. The molecule has 39 heavy (non-hydrogen) atoms. The molecule has 0 unspecified atom stereocenters. The van der Waals surface area contributed by atoms with Crippen molar-refractivity contribution in [1.82, 2.24) is 9.66 Å². The molecule has 5 aromatic rings. The number of carboxylic acid groups (broad SMARTS) is 1. The lowest BCUT2D eigenvalue weighted by atomic mass is 10.2. The number of aromatic nitrogens is 2. The molecule has 0 fully saturated rings. The zero-order valence-electron chi connectivity index (χ0n) is 20.7. The van der Waals surface area contributed by atoms with Crippen LogP contribution in [0.3, 0.4) is 0 Å². The molecule has 5 rings (SSSR count). The van der Waals surface area contributed by atoms with E-state index in [1.807, 2.05) is 18.2 Å². The first-order valence-electron chi connectivity index (χ1n) is 11.9. The van der Waals surface area contributed by atoms with E-state index in [1.54, 1.807) is 43.3 Å². The second-order valence-corrected chi connectivity index (χ2v) is 9.79. The van der Waals surface area contributed by atoms with Gasteiger partial charge >= 0.3 is 5.97 Å². The van der Waals surface area contributed by atoms with Crippen molar-refractivity contribution >= 4 is 61.6 Å². The first kappa shape index (κ1) is 26.5. The van der Waals surface area contributed by atoms with Crippen molar-refractivity contribution in [3.05, 3.63) is 86.1 Å². The fourth-order valence-corrected chi connectivity index (χ4v) is 4.55. The third-order valence-electron chi connectivity index (χ3n) is 5.75. The van der Waals surface area contributed by atoms with Crippen LogP contribution in [0, 0.1) is 0 Å². The molecule has 0 aliphatic rings. The highest BCUT2D eigenvalue weighted by Crippen LogP contribution is 2.37. The molecule has 9 nitrogen and oxygen atoms in total. The third kappa shape index (κ3) is 5.39. The van der Waals surface area contributed by atoms with E-state index in [9.17, 15) is 14.7 Å². The van der Waals surface area contributed by atoms with Crippen LogP contribution >= 0.6 is 27.5 Å². The summed E-state index contributed by atoms with van der Waals surface area (Å²) >= 11 is 9.90. The van der Waals surface area contributed by atoms with Crippen LogP contribution in [0.2, 0.25) is 5.02 Å². The Morgan fingerprint density at radius 2 is 2.03 bits per heavy atom. The van der Waals surface area contributed by atoms with Crippen LogP contribution in [0.5, 0.6) is 11.5 Å². The summed E-state index contributed by atoms with van der Waals surface area (Å²) in [4.78, 5) is 29.5. The number of benzene rings is 3. The molecule has 198 valence electrons. The Balaban J connectivity index is 1.63. The molecule has 0 saturated carbocycles. The summed E-state index contributed by atoms with van der Waals surface area (Å²) in [5, 5.41) is 15.0. The van der Waals surface area contributed by atoms with Gasteiger partial charge in [0, 0.05) is 9.86 Å². The number of rotatable bonds is 8. The average molecular weight is 611 g/mol. The summed E-state index contributed by atoms with van der Waals surface area (Å²) in [6, 6.07) is 17.5. The lowest BCUT2D eigenvalue weighted by Crippen LogP contribution is -2.23. The molecule has 2 aromatic heterocycles. The van der Waals surface area contributed by atoms with Crippen molar-refractivity contribution in [3.8, 4) is 23.1 Å². The number of carboxylic acids is 1. The molecule has 2 heterocycles. The van der Waals surface area contributed by atoms with E-state index >= 15 is 0 Å². The predicted molar refractivity (Wildman–Crippen MR) is 152 cm³/mol. The van der Waals surface area contributed by atoms with Crippen molar-refractivity contribution in [2.24, 2.45) is 5.10 Å². The SMILES string of the molecule is CCOc1cc(C=Nn2c(-c3cc4cc(Br)ccc4o3)nc3ccccc3c2=O)cc(Cl)c1O[C@H](C)C(=O)O. The normalized spacial score (nSPS) is 12.3. The molecule has 0 saturated heterocycles. The maximum Gasteiger partial charge on any atom is 0.344 e. The van der Waals surface area contributed by atoms with Gasteiger partial charge in [-0.25, -0.2) is 9.78 Å². The largest absolute Gasteiger partial charge is 0.490 e. The van der Waals surface area contributed by atoms with Crippen LogP contribution < -0.4 is 15.0 Å². The molecule has 0 amide bonds. The molecular weight excluding hydrogens is 590 g/mol. The fourth-order valence-electron chi connectivity index (χ4n) is 3.91. The quantitative estimate of drug-likeness (QED) is 0.203. The highest BCUT2D eigenvalue weighted by molar-refractivity contribution is 9.10. The monoisotopic (exact) mass is 609 g/mol. The zero-order valence-corrected chi connectivity index (χ0v) is 23.1. The third-order valence-corrected chi connectivity index (χ3v) is 6.52. The summed E-state index contributed by atoms with van der Waals surface area (Å²) in [5.74, 6) is -0.222. The number of fused-ring (bicyclic) bond motifs is 2. The topological polar surface area (TPSA) is 116 Å². The number of ether oxygens (including phenoxy) is 2. The molecule has 0 bridgehead atoms. The molecule has 0 aliphatic heterocycles. The van der Waals surface area contributed by atoms with Crippen molar-refractivity contribution in [2.75, 3.05) is 6.61 Å². The van der Waals surface area contributed by atoms with Gasteiger partial charge < -0.3 is 19.0 Å². The number of para-hydroxylation sites is 1. The number of nitrogens with zero attached hydrogens (tertiary/aromatic N) is 3. The van der Waals surface area contributed by atoms with Crippen LogP contribution in [0.25, 0.3) is 33.5 Å². The summed E-state index contributed by atoms with van der Waals surface area (Å²) in [5.41, 5.74) is 1.23. The van der Waals surface area contributed by atoms with Gasteiger partial charge in [0.05, 0.1) is 28.7 Å². The molecule has 3 aromatic carbocycles. The van der Waals surface area contributed by atoms with Gasteiger partial charge in [-0.2, -0.15) is 9.78 Å². The lowest BCUT2D eigenvalue weighted by molar-refractivity contribution is -0.144. The minimum Gasteiger partial charge on any atom is -0.490 e. The first-order chi connectivity index (χ1) is 18.7. The maximum absolute atomic E-state index is 13.5. The van der Waals surface area contributed by atoms with E-state index < -0.39 is 12.1 Å². The Labute approximate surface area is 235 Å². The molecule has 1 N–H and O–H groups in total. The Morgan fingerprint density at radius 3 is 2.79 bits per heavy atom. The summed E-state index contributed by atoms with van der Waals surface area (Å²) < 4.78 is 19.2. The van der Waals surface area contributed by atoms with Crippen molar-refractivity contribution < 1.29 is 23.8 Å². The van der Waals surface area contributed by atoms with Crippen molar-refractivity contribution in [2.45, 2.75) is 20.0 Å². The number of aliphatic carboxylic acids is 1. The van der Waals surface area contributed by atoms with E-state index in [1.165, 1.54) is 23.9 Å². The minimum absolute atomic E-state index is 0.101. The minimum atomic E-state index is -1.15. The van der Waals surface area contributed by atoms with Crippen LogP contribution in [0.15, 0.2) is 79.4 Å². The number of hydrogen-bond acceptors (Lipinski definition) is 7. The van der Waals surface area contributed by atoms with Gasteiger partial charge in [-0.3, -0.25) is 4.79 Å². The predicted octanol–water partition coefficient (Wildman–Crippen LogP) is 6.36. The Kier molecular flexibility index (Phi) is 7.40. The zero-order chi connectivity index (χ0) is 27.7. The van der Waals surface area contributed by atoms with Crippen molar-refractivity contribution in [1.29, 1.82) is 0 Å². The van der Waals surface area contributed by atoms with E-state index in [0.717, 1.165) is 9.86 Å². The Hall–Kier alpha value is -4.15. The van der Waals surface area contributed by atoms with Gasteiger partial charge in [-0.1, -0.05) is 39.7 Å². The molecule has 0 spiro atoms. The molecule has 1 atom stereocenters. The van der Waals surface area contributed by atoms with E-state index in [2.05, 4.69) is 26.0 Å². The lowest BCUT2D eigenvalue weighted by Gasteiger charge is -2.16. The molecule has 0 aliphatic carbocycles. The molecule has 11 heteroatoms. The first-order valence-corrected chi connectivity index (χ1v) is 13.0. The van der Waals surface area contributed by atoms with Crippen LogP contribution in [0.4, 0.5) is 0 Å². The van der Waals surface area contributed by atoms with E-state index in [-0.39, 0.29) is 34.5 Å². The standard InChI is InChI=1S/C28H21BrClN3O6/c1-3-37-23-11-16(10-20(30)25(23)38-15(2)28(35)36)14-31-33-26(32-21-7-5-4-6-19(21)27(33)34)24-13-17-12-18(29)8-9-22(17)39-24/h4-15H,3H2,1-2H3,(H,35,36)/t15-/m1/s1. The average Bonchev–Trinajstić information content (AvgIpc) is 3.33. The summed E-state index contributed by atoms with van der Waals surface area (Å²) in [6.07, 6.45) is 0.287. The number of halogens is 2. The number of furan rings is 1. The summed E-state index contributed by atoms with van der Waals surface area (Å²) in [6.45, 7) is 3.45. The number of carbonyl (C=O) groups is 1. The maximum atomic E-state index is 13.5. The fraction of sp³-hybridized carbons (Fsp3) is 0.143. The Bertz CT molecular complexity index is 1810. The van der Waals surface area contributed by atoms with Crippen LogP contribution in [-0.4, -0.2) is 39.7 Å². The second-order valence-electron chi connectivity index (χ2n) is 8.47. The van der Waals surface area contributed by atoms with Gasteiger partial charge in [0.2, 0.25) is 5.82 Å². The van der Waals surface area contributed by atoms with Gasteiger partial charge in [0.1, 0.15) is 5.58 Å². The van der Waals surface area contributed by atoms with E-state index in [0.29, 0.717) is 27.8 Å². The second kappa shape index (κ2) is 10.9. The van der Waals surface area contributed by atoms with Crippen molar-refractivity contribution in [3.63, 3.8) is 0 Å². The van der Waals surface area contributed by atoms with Gasteiger partial charge in [0.15, 0.2) is 23.4 Å². The van der Waals surface area contributed by atoms with Gasteiger partial charge in [-0.15, -0.1) is 0 Å². The Morgan fingerprint density at radius 1 is 1.23 bits per heavy atom. The molecule has 0 radical (unpaired) electrons. The highest BCUT2D eigenvalue weighted by atomic mass is 79.9. The van der Waals surface area contributed by atoms with E-state index in [4.69, 9.17) is 25.5 Å². The number of hydrogen-bond donors (Lipinski definition) is 1. The van der Waals surface area contributed by atoms with Gasteiger partial charge in [-0.05, 0) is 67.9 Å². The molecular formula is C28H21BrClN3O6. The smallest absolute Gasteiger partial charge is 0.344 e. The van der Waals surface area contributed by atoms with Crippen LogP contribution in [0.1, 0.15) is 19.4 Å².